The number of carbonyl (C=O) groups is 1. The second kappa shape index (κ2) is 9.51. The monoisotopic (exact) mass is 369 g/mol. The highest BCUT2D eigenvalue weighted by Crippen LogP contribution is 2.17. The van der Waals surface area contributed by atoms with Crippen LogP contribution in [0.3, 0.4) is 0 Å². The summed E-state index contributed by atoms with van der Waals surface area (Å²) in [6.07, 6.45) is 1.98. The lowest BCUT2D eigenvalue weighted by Crippen LogP contribution is -2.46. The Hall–Kier alpha value is -2.40. The zero-order valence-electron chi connectivity index (χ0n) is 16.0. The Morgan fingerprint density at radius 2 is 1.81 bits per heavy atom. The van der Waals surface area contributed by atoms with Crippen LogP contribution >= 0.6 is 0 Å². The Morgan fingerprint density at radius 3 is 2.56 bits per heavy atom. The first kappa shape index (κ1) is 19.4. The quantitative estimate of drug-likeness (QED) is 0.759. The molecule has 5 heteroatoms. The third-order valence-corrected chi connectivity index (χ3v) is 5.01. The zero-order chi connectivity index (χ0) is 19.1. The number of hydrogen-bond donors (Lipinski definition) is 1. The van der Waals surface area contributed by atoms with Gasteiger partial charge in [0.05, 0.1) is 0 Å². The molecule has 2 aromatic carbocycles. The lowest BCUT2D eigenvalue weighted by Gasteiger charge is -2.36. The van der Waals surface area contributed by atoms with Crippen molar-refractivity contribution in [1.82, 2.24) is 10.2 Å². The topological polar surface area (TPSA) is 35.6 Å². The van der Waals surface area contributed by atoms with Crippen LogP contribution in [-0.2, 0) is 0 Å². The fourth-order valence-electron chi connectivity index (χ4n) is 3.45. The molecule has 2 aromatic rings. The van der Waals surface area contributed by atoms with Gasteiger partial charge in [0.15, 0.2) is 0 Å². The summed E-state index contributed by atoms with van der Waals surface area (Å²) in [6.45, 7) is 8.07. The summed E-state index contributed by atoms with van der Waals surface area (Å²) in [6, 6.07) is 14.5. The van der Waals surface area contributed by atoms with Crippen molar-refractivity contribution in [3.05, 3.63) is 65.5 Å². The molecule has 3 rings (SSSR count). The molecule has 0 radical (unpaired) electrons. The van der Waals surface area contributed by atoms with E-state index in [1.54, 1.807) is 12.1 Å². The number of hydrogen-bond acceptors (Lipinski definition) is 3. The SMILES string of the molecule is Cc1cccc(N2CCN(CCCCNC(=O)c3cccc(F)c3)CC2)c1. The normalized spacial score (nSPS) is 15.0. The average Bonchev–Trinajstić information content (AvgIpc) is 2.68. The van der Waals surface area contributed by atoms with E-state index in [1.165, 1.54) is 23.4 Å². The van der Waals surface area contributed by atoms with Crippen molar-refractivity contribution < 1.29 is 9.18 Å². The van der Waals surface area contributed by atoms with E-state index in [1.807, 2.05) is 0 Å². The molecule has 0 atom stereocenters. The summed E-state index contributed by atoms with van der Waals surface area (Å²) >= 11 is 0. The molecule has 1 heterocycles. The van der Waals surface area contributed by atoms with Crippen molar-refractivity contribution in [3.8, 4) is 0 Å². The van der Waals surface area contributed by atoms with Crippen LogP contribution in [0, 0.1) is 12.7 Å². The first-order valence-electron chi connectivity index (χ1n) is 9.69. The Labute approximate surface area is 161 Å². The molecule has 1 aliphatic heterocycles. The van der Waals surface area contributed by atoms with Crippen LogP contribution in [0.1, 0.15) is 28.8 Å². The second-order valence-corrected chi connectivity index (χ2v) is 7.14. The maximum atomic E-state index is 13.1. The van der Waals surface area contributed by atoms with Crippen LogP contribution in [0.15, 0.2) is 48.5 Å². The minimum Gasteiger partial charge on any atom is -0.369 e. The lowest BCUT2D eigenvalue weighted by molar-refractivity contribution is 0.0952. The number of nitrogens with zero attached hydrogens (tertiary/aromatic N) is 2. The molecule has 0 aliphatic carbocycles. The highest BCUT2D eigenvalue weighted by molar-refractivity contribution is 5.94. The number of anilines is 1. The molecule has 1 fully saturated rings. The fourth-order valence-corrected chi connectivity index (χ4v) is 3.45. The summed E-state index contributed by atoms with van der Waals surface area (Å²) < 4.78 is 13.1. The van der Waals surface area contributed by atoms with Gasteiger partial charge in [-0.25, -0.2) is 4.39 Å². The number of unbranched alkanes of at least 4 members (excludes halogenated alkanes) is 1. The molecule has 1 aliphatic rings. The van der Waals surface area contributed by atoms with Crippen molar-refractivity contribution in [2.75, 3.05) is 44.2 Å². The van der Waals surface area contributed by atoms with E-state index in [4.69, 9.17) is 0 Å². The number of carbonyl (C=O) groups excluding carboxylic acids is 1. The van der Waals surface area contributed by atoms with Gasteiger partial charge in [0, 0.05) is 44.0 Å². The van der Waals surface area contributed by atoms with Gasteiger partial charge in [-0.3, -0.25) is 9.69 Å². The number of benzene rings is 2. The minimum absolute atomic E-state index is 0.207. The molecule has 0 saturated carbocycles. The molecule has 1 N–H and O–H groups in total. The van der Waals surface area contributed by atoms with E-state index in [0.29, 0.717) is 12.1 Å². The van der Waals surface area contributed by atoms with Gasteiger partial charge < -0.3 is 10.2 Å². The lowest BCUT2D eigenvalue weighted by atomic mass is 10.2. The van der Waals surface area contributed by atoms with Gasteiger partial charge in [-0.15, -0.1) is 0 Å². The average molecular weight is 369 g/mol. The van der Waals surface area contributed by atoms with Gasteiger partial charge in [0.25, 0.3) is 5.91 Å². The molecule has 144 valence electrons. The predicted octanol–water partition coefficient (Wildman–Crippen LogP) is 3.47. The van der Waals surface area contributed by atoms with Crippen LogP contribution < -0.4 is 10.2 Å². The van der Waals surface area contributed by atoms with Crippen LogP contribution in [0.4, 0.5) is 10.1 Å². The summed E-state index contributed by atoms with van der Waals surface area (Å²) in [7, 11) is 0. The van der Waals surface area contributed by atoms with Crippen LogP contribution in [-0.4, -0.2) is 50.1 Å². The van der Waals surface area contributed by atoms with E-state index in [-0.39, 0.29) is 11.7 Å². The maximum absolute atomic E-state index is 13.1. The predicted molar refractivity (Wildman–Crippen MR) is 108 cm³/mol. The number of aryl methyl sites for hydroxylation is 1. The Balaban J connectivity index is 1.31. The third-order valence-electron chi connectivity index (χ3n) is 5.01. The number of halogens is 1. The molecule has 0 aromatic heterocycles. The Kier molecular flexibility index (Phi) is 6.82. The van der Waals surface area contributed by atoms with Gasteiger partial charge in [-0.1, -0.05) is 18.2 Å². The summed E-state index contributed by atoms with van der Waals surface area (Å²) in [5.74, 6) is -0.589. The van der Waals surface area contributed by atoms with E-state index >= 15 is 0 Å². The van der Waals surface area contributed by atoms with Gasteiger partial charge in [-0.05, 0) is 62.2 Å². The second-order valence-electron chi connectivity index (χ2n) is 7.14. The number of amides is 1. The van der Waals surface area contributed by atoms with Gasteiger partial charge in [-0.2, -0.15) is 0 Å². The number of nitrogens with one attached hydrogen (secondary N) is 1. The molecule has 0 unspecified atom stereocenters. The molecule has 1 amide bonds. The van der Waals surface area contributed by atoms with Crippen molar-refractivity contribution >= 4 is 11.6 Å². The zero-order valence-corrected chi connectivity index (χ0v) is 16.0. The molecule has 0 spiro atoms. The molecule has 0 bridgehead atoms. The van der Waals surface area contributed by atoms with Gasteiger partial charge >= 0.3 is 0 Å². The van der Waals surface area contributed by atoms with Crippen LogP contribution in [0.2, 0.25) is 0 Å². The van der Waals surface area contributed by atoms with E-state index in [0.717, 1.165) is 45.6 Å². The molecule has 4 nitrogen and oxygen atoms in total. The van der Waals surface area contributed by atoms with Crippen LogP contribution in [0.5, 0.6) is 0 Å². The summed E-state index contributed by atoms with van der Waals surface area (Å²) in [5, 5.41) is 2.87. The van der Waals surface area contributed by atoms with Gasteiger partial charge in [0.1, 0.15) is 5.82 Å². The van der Waals surface area contributed by atoms with Crippen molar-refractivity contribution in [3.63, 3.8) is 0 Å². The van der Waals surface area contributed by atoms with Crippen LogP contribution in [0.25, 0.3) is 0 Å². The molecular weight excluding hydrogens is 341 g/mol. The molecular formula is C22H28FN3O. The van der Waals surface area contributed by atoms with Gasteiger partial charge in [0.2, 0.25) is 0 Å². The standard InChI is InChI=1S/C22H28FN3O/c1-18-6-4-9-21(16-18)26-14-12-25(13-15-26)11-3-2-10-24-22(27)19-7-5-8-20(23)17-19/h4-9,16-17H,2-3,10-15H2,1H3,(H,24,27). The van der Waals surface area contributed by atoms with Crippen molar-refractivity contribution in [2.24, 2.45) is 0 Å². The Morgan fingerprint density at radius 1 is 1.04 bits per heavy atom. The first-order chi connectivity index (χ1) is 13.1. The van der Waals surface area contributed by atoms with Crippen molar-refractivity contribution in [2.45, 2.75) is 19.8 Å². The summed E-state index contributed by atoms with van der Waals surface area (Å²) in [4.78, 5) is 16.9. The third kappa shape index (κ3) is 5.79. The highest BCUT2D eigenvalue weighted by atomic mass is 19.1. The number of piperazine rings is 1. The highest BCUT2D eigenvalue weighted by Gasteiger charge is 2.16. The smallest absolute Gasteiger partial charge is 0.251 e. The minimum atomic E-state index is -0.382. The largest absolute Gasteiger partial charge is 0.369 e. The first-order valence-corrected chi connectivity index (χ1v) is 9.69. The molecule has 1 saturated heterocycles. The van der Waals surface area contributed by atoms with Crippen molar-refractivity contribution in [1.29, 1.82) is 0 Å². The van der Waals surface area contributed by atoms with E-state index in [2.05, 4.69) is 46.3 Å². The van der Waals surface area contributed by atoms with E-state index in [9.17, 15) is 9.18 Å². The summed E-state index contributed by atoms with van der Waals surface area (Å²) in [5.41, 5.74) is 2.99. The Bertz CT molecular complexity index is 757. The maximum Gasteiger partial charge on any atom is 0.251 e. The fraction of sp³-hybridized carbons (Fsp3) is 0.409. The molecule has 27 heavy (non-hydrogen) atoms. The number of rotatable bonds is 7. The van der Waals surface area contributed by atoms with E-state index < -0.39 is 0 Å².